The van der Waals surface area contributed by atoms with Crippen LogP contribution in [0.2, 0.25) is 0 Å². The number of carbonyl (C=O) groups is 1. The molecule has 33 heavy (non-hydrogen) atoms. The topological polar surface area (TPSA) is 105 Å². The number of amides is 1. The van der Waals surface area contributed by atoms with Crippen LogP contribution in [0.15, 0.2) is 59.8 Å². The minimum absolute atomic E-state index is 0.244. The van der Waals surface area contributed by atoms with Gasteiger partial charge in [-0.3, -0.25) is 4.79 Å². The van der Waals surface area contributed by atoms with Crippen LogP contribution in [0, 0.1) is 13.8 Å². The first-order valence-electron chi connectivity index (χ1n) is 10.7. The second kappa shape index (κ2) is 8.78. The lowest BCUT2D eigenvalue weighted by molar-refractivity contribution is 0.0952. The van der Waals surface area contributed by atoms with Gasteiger partial charge in [-0.15, -0.1) is 0 Å². The number of carbonyl (C=O) groups excluding carboxylic acids is 1. The van der Waals surface area contributed by atoms with Crippen LogP contribution in [-0.2, 0) is 16.4 Å². The van der Waals surface area contributed by atoms with Crippen molar-refractivity contribution in [1.82, 2.24) is 20.3 Å². The van der Waals surface area contributed by atoms with E-state index in [1.807, 2.05) is 26.0 Å². The summed E-state index contributed by atoms with van der Waals surface area (Å²) in [6.07, 6.45) is 3.20. The van der Waals surface area contributed by atoms with Gasteiger partial charge in [0.05, 0.1) is 27.6 Å². The first-order chi connectivity index (χ1) is 15.7. The molecule has 0 unspecified atom stereocenters. The molecule has 2 heterocycles. The molecule has 8 heteroatoms. The summed E-state index contributed by atoms with van der Waals surface area (Å²) < 4.78 is 24.7. The highest BCUT2D eigenvalue weighted by molar-refractivity contribution is 7.92. The molecular weight excluding hydrogens is 436 g/mol. The van der Waals surface area contributed by atoms with Crippen molar-refractivity contribution in [1.29, 1.82) is 0 Å². The van der Waals surface area contributed by atoms with Gasteiger partial charge in [0.1, 0.15) is 5.52 Å². The maximum Gasteiger partial charge on any atom is 0.255 e. The predicted octanol–water partition coefficient (Wildman–Crippen LogP) is 4.35. The van der Waals surface area contributed by atoms with Crippen molar-refractivity contribution in [2.75, 3.05) is 0 Å². The largest absolute Gasteiger partial charge is 0.348 e. The number of aryl methyl sites for hydroxylation is 2. The number of aromatic amines is 1. The summed E-state index contributed by atoms with van der Waals surface area (Å²) >= 11 is 0. The van der Waals surface area contributed by atoms with Crippen LogP contribution in [-0.4, -0.2) is 34.5 Å². The zero-order chi connectivity index (χ0) is 23.8. The van der Waals surface area contributed by atoms with Crippen LogP contribution in [0.4, 0.5) is 0 Å². The van der Waals surface area contributed by atoms with Crippen LogP contribution in [0.5, 0.6) is 0 Å². The third-order valence-electron chi connectivity index (χ3n) is 5.67. The van der Waals surface area contributed by atoms with Gasteiger partial charge in [-0.2, -0.15) is 0 Å². The van der Waals surface area contributed by atoms with Crippen molar-refractivity contribution in [3.8, 4) is 11.3 Å². The molecular formula is C25H26N4O3S. The number of sulfone groups is 1. The monoisotopic (exact) mass is 462 g/mol. The fourth-order valence-electron chi connectivity index (χ4n) is 3.55. The third kappa shape index (κ3) is 4.52. The van der Waals surface area contributed by atoms with Crippen molar-refractivity contribution in [3.63, 3.8) is 0 Å². The molecule has 2 N–H and O–H groups in total. The van der Waals surface area contributed by atoms with Gasteiger partial charge < -0.3 is 10.3 Å². The Kier molecular flexibility index (Phi) is 6.03. The maximum atomic E-state index is 12.9. The molecule has 0 aliphatic heterocycles. The lowest BCUT2D eigenvalue weighted by Crippen LogP contribution is -2.23. The summed E-state index contributed by atoms with van der Waals surface area (Å²) in [4.78, 5) is 25.2. The van der Waals surface area contributed by atoms with Crippen molar-refractivity contribution in [3.05, 3.63) is 77.1 Å². The highest BCUT2D eigenvalue weighted by Crippen LogP contribution is 2.24. The van der Waals surface area contributed by atoms with Crippen LogP contribution in [0.25, 0.3) is 22.4 Å². The van der Waals surface area contributed by atoms with E-state index in [9.17, 15) is 13.2 Å². The zero-order valence-electron chi connectivity index (χ0n) is 19.0. The number of benzene rings is 2. The van der Waals surface area contributed by atoms with Crippen LogP contribution in [0.3, 0.4) is 0 Å². The first-order valence-corrected chi connectivity index (χ1v) is 12.2. The molecule has 1 amide bonds. The number of fused-ring (bicyclic) bond motifs is 1. The maximum absolute atomic E-state index is 12.9. The zero-order valence-corrected chi connectivity index (χ0v) is 19.8. The Morgan fingerprint density at radius 1 is 1.09 bits per heavy atom. The van der Waals surface area contributed by atoms with E-state index in [0.717, 1.165) is 22.3 Å². The molecule has 2 aromatic carbocycles. The highest BCUT2D eigenvalue weighted by atomic mass is 32.2. The number of hydrogen-bond acceptors (Lipinski definition) is 5. The van der Waals surface area contributed by atoms with Crippen molar-refractivity contribution < 1.29 is 13.2 Å². The van der Waals surface area contributed by atoms with Crippen LogP contribution in [0.1, 0.15) is 40.9 Å². The fourth-order valence-corrected chi connectivity index (χ4v) is 4.61. The Bertz CT molecular complexity index is 1440. The van der Waals surface area contributed by atoms with Gasteiger partial charge >= 0.3 is 0 Å². The molecule has 4 aromatic rings. The number of nitrogens with zero attached hydrogens (tertiary/aromatic N) is 2. The Hall–Kier alpha value is -3.52. The Balaban J connectivity index is 1.60. The number of aromatic nitrogens is 3. The Morgan fingerprint density at radius 3 is 2.52 bits per heavy atom. The summed E-state index contributed by atoms with van der Waals surface area (Å²) in [6, 6.07) is 12.7. The van der Waals surface area contributed by atoms with Crippen molar-refractivity contribution in [2.45, 2.75) is 44.4 Å². The van der Waals surface area contributed by atoms with Crippen LogP contribution >= 0.6 is 0 Å². The molecule has 0 fully saturated rings. The van der Waals surface area contributed by atoms with Gasteiger partial charge in [-0.25, -0.2) is 18.4 Å². The van der Waals surface area contributed by atoms with Gasteiger partial charge in [-0.05, 0) is 51.0 Å². The first kappa shape index (κ1) is 22.7. The average molecular weight is 463 g/mol. The van der Waals surface area contributed by atoms with Gasteiger partial charge in [0.25, 0.3) is 5.91 Å². The van der Waals surface area contributed by atoms with E-state index in [1.165, 1.54) is 0 Å². The average Bonchev–Trinajstić information content (AvgIpc) is 3.23. The van der Waals surface area contributed by atoms with Gasteiger partial charge in [0.2, 0.25) is 0 Å². The van der Waals surface area contributed by atoms with E-state index in [4.69, 9.17) is 0 Å². The normalized spacial score (nSPS) is 11.8. The van der Waals surface area contributed by atoms with E-state index < -0.39 is 15.1 Å². The number of hydrogen-bond donors (Lipinski definition) is 2. The van der Waals surface area contributed by atoms with Crippen molar-refractivity contribution in [2.24, 2.45) is 0 Å². The summed E-state index contributed by atoms with van der Waals surface area (Å²) in [6.45, 7) is 7.76. The Labute approximate surface area is 193 Å². The lowest BCUT2D eigenvalue weighted by Gasteiger charge is -2.09. The lowest BCUT2D eigenvalue weighted by atomic mass is 10.1. The molecule has 0 aliphatic rings. The number of rotatable bonds is 6. The summed E-state index contributed by atoms with van der Waals surface area (Å²) in [5, 5.41) is 2.47. The van der Waals surface area contributed by atoms with E-state index in [-0.39, 0.29) is 10.8 Å². The second-order valence-electron chi connectivity index (χ2n) is 8.39. The van der Waals surface area contributed by atoms with Crippen molar-refractivity contribution >= 4 is 26.9 Å². The third-order valence-corrected chi connectivity index (χ3v) is 7.84. The molecule has 0 saturated heterocycles. The van der Waals surface area contributed by atoms with E-state index in [0.29, 0.717) is 29.0 Å². The molecule has 0 spiro atoms. The SMILES string of the molecule is Cc1ccc(C)c(CNC(=O)c2c[nH]c3ncc(-c4ccc(S(=O)(=O)C(C)C)cc4)nc23)c1. The summed E-state index contributed by atoms with van der Waals surface area (Å²) in [5.74, 6) is -0.244. The molecule has 170 valence electrons. The van der Waals surface area contributed by atoms with E-state index in [2.05, 4.69) is 26.3 Å². The fraction of sp³-hybridized carbons (Fsp3) is 0.240. The van der Waals surface area contributed by atoms with E-state index in [1.54, 1.807) is 50.5 Å². The molecule has 0 atom stereocenters. The summed E-state index contributed by atoms with van der Waals surface area (Å²) in [7, 11) is -3.35. The van der Waals surface area contributed by atoms with Gasteiger partial charge in [-0.1, -0.05) is 35.9 Å². The molecule has 0 bridgehead atoms. The molecule has 7 nitrogen and oxygen atoms in total. The van der Waals surface area contributed by atoms with E-state index >= 15 is 0 Å². The molecule has 0 saturated carbocycles. The molecule has 0 radical (unpaired) electrons. The van der Waals surface area contributed by atoms with Gasteiger partial charge in [0, 0.05) is 18.3 Å². The smallest absolute Gasteiger partial charge is 0.255 e. The quantitative estimate of drug-likeness (QED) is 0.443. The minimum Gasteiger partial charge on any atom is -0.348 e. The number of H-pyrrole nitrogens is 1. The molecule has 2 aromatic heterocycles. The standard InChI is InChI=1S/C25H26N4O3S/c1-15(2)33(31,32)20-9-7-18(8-10-20)22-14-27-24-23(29-22)21(13-26-24)25(30)28-12-19-11-16(3)5-6-17(19)4/h5-11,13-15H,12H2,1-4H3,(H,26,27)(H,28,30). The van der Waals surface area contributed by atoms with Gasteiger partial charge in [0.15, 0.2) is 15.5 Å². The Morgan fingerprint density at radius 2 is 1.82 bits per heavy atom. The second-order valence-corrected chi connectivity index (χ2v) is 10.9. The van der Waals surface area contributed by atoms with Crippen LogP contribution < -0.4 is 5.32 Å². The number of nitrogens with one attached hydrogen (secondary N) is 2. The predicted molar refractivity (Wildman–Crippen MR) is 129 cm³/mol. The molecule has 0 aliphatic carbocycles. The molecule has 4 rings (SSSR count). The summed E-state index contributed by atoms with van der Waals surface area (Å²) in [5.41, 5.74) is 5.97. The minimum atomic E-state index is -3.35. The highest BCUT2D eigenvalue weighted by Gasteiger charge is 2.19.